The van der Waals surface area contributed by atoms with E-state index in [9.17, 15) is 9.18 Å². The fourth-order valence-corrected chi connectivity index (χ4v) is 4.47. The summed E-state index contributed by atoms with van der Waals surface area (Å²) in [6, 6.07) is 18.1. The fraction of sp³-hybridized carbons (Fsp3) is 0.310. The summed E-state index contributed by atoms with van der Waals surface area (Å²) in [6.07, 6.45) is 3.27. The summed E-state index contributed by atoms with van der Waals surface area (Å²) in [7, 11) is 0. The van der Waals surface area contributed by atoms with Gasteiger partial charge in [-0.15, -0.1) is 0 Å². The Morgan fingerprint density at radius 3 is 2.51 bits per heavy atom. The maximum absolute atomic E-state index is 13.3. The second-order valence-corrected chi connectivity index (χ2v) is 9.97. The molecule has 1 N–H and O–H groups in total. The lowest BCUT2D eigenvalue weighted by Crippen LogP contribution is -2.42. The average molecular weight is 472 g/mol. The number of fused-ring (bicyclic) bond motifs is 1. The molecule has 35 heavy (non-hydrogen) atoms. The molecule has 1 aliphatic rings. The van der Waals surface area contributed by atoms with Crippen molar-refractivity contribution in [2.75, 3.05) is 0 Å². The van der Waals surface area contributed by atoms with E-state index in [1.807, 2.05) is 32.0 Å². The summed E-state index contributed by atoms with van der Waals surface area (Å²) < 4.78 is 21.7. The highest BCUT2D eigenvalue weighted by atomic mass is 19.1. The summed E-state index contributed by atoms with van der Waals surface area (Å²) in [6.45, 7) is 8.15. The Balaban J connectivity index is 1.45. The highest BCUT2D eigenvalue weighted by Crippen LogP contribution is 2.45. The molecule has 1 saturated carbocycles. The molecule has 0 spiro atoms. The molecule has 0 bridgehead atoms. The van der Waals surface area contributed by atoms with Crippen LogP contribution in [0.25, 0.3) is 16.6 Å². The topological polar surface area (TPSA) is 56.1 Å². The number of rotatable bonds is 7. The summed E-state index contributed by atoms with van der Waals surface area (Å²) in [5.74, 6) is 0.495. The van der Waals surface area contributed by atoms with Crippen molar-refractivity contribution in [2.24, 2.45) is 5.41 Å². The summed E-state index contributed by atoms with van der Waals surface area (Å²) in [5, 5.41) is 8.60. The molecule has 1 amide bonds. The maximum atomic E-state index is 13.3. The molecule has 4 aromatic rings. The molecule has 6 heteroatoms. The molecule has 0 saturated heterocycles. The number of halogens is 1. The van der Waals surface area contributed by atoms with Crippen molar-refractivity contribution in [3.8, 4) is 11.4 Å². The van der Waals surface area contributed by atoms with Gasteiger partial charge in [-0.1, -0.05) is 30.7 Å². The fourth-order valence-electron chi connectivity index (χ4n) is 4.47. The van der Waals surface area contributed by atoms with Gasteiger partial charge in [-0.05, 0) is 87.2 Å². The Kier molecular flexibility index (Phi) is 5.83. The van der Waals surface area contributed by atoms with Gasteiger partial charge in [-0.2, -0.15) is 5.10 Å². The van der Waals surface area contributed by atoms with E-state index in [1.165, 1.54) is 17.7 Å². The molecular formula is C29H30FN3O2. The Morgan fingerprint density at radius 2 is 1.83 bits per heavy atom. The minimum Gasteiger partial charge on any atom is -0.484 e. The van der Waals surface area contributed by atoms with E-state index in [4.69, 9.17) is 4.74 Å². The van der Waals surface area contributed by atoms with E-state index in [0.717, 1.165) is 40.6 Å². The maximum Gasteiger partial charge on any atom is 0.226 e. The van der Waals surface area contributed by atoms with E-state index >= 15 is 0 Å². The molecule has 180 valence electrons. The van der Waals surface area contributed by atoms with E-state index in [0.29, 0.717) is 5.75 Å². The zero-order valence-corrected chi connectivity index (χ0v) is 20.5. The van der Waals surface area contributed by atoms with Crippen LogP contribution in [0.2, 0.25) is 0 Å². The largest absolute Gasteiger partial charge is 0.484 e. The lowest BCUT2D eigenvalue weighted by Gasteiger charge is -2.29. The highest BCUT2D eigenvalue weighted by molar-refractivity contribution is 5.85. The van der Waals surface area contributed by atoms with Gasteiger partial charge in [0.05, 0.1) is 23.4 Å². The third kappa shape index (κ3) is 4.65. The normalized spacial score (nSPS) is 16.0. The number of nitrogens with one attached hydrogen (secondary N) is 1. The van der Waals surface area contributed by atoms with Crippen LogP contribution in [0.3, 0.4) is 0 Å². The standard InChI is InChI=1S/C29H30FN3O2/c1-18-5-11-25(19(2)15-18)27(20(3)32-28(34)29(4)13-14-29)35-24-10-12-26-21(16-24)17-31-33(26)23-8-6-22(30)7-9-23/h5-12,15-17,20,27H,13-14H2,1-4H3,(H,32,34)/t20-,27-/m0/s1. The van der Waals surface area contributed by atoms with Crippen LogP contribution in [-0.4, -0.2) is 21.7 Å². The minimum atomic E-state index is -0.355. The van der Waals surface area contributed by atoms with Crippen molar-refractivity contribution in [1.82, 2.24) is 15.1 Å². The Bertz CT molecular complexity index is 1390. The van der Waals surface area contributed by atoms with E-state index < -0.39 is 0 Å². The van der Waals surface area contributed by atoms with Crippen LogP contribution < -0.4 is 10.1 Å². The van der Waals surface area contributed by atoms with Gasteiger partial charge in [0, 0.05) is 10.8 Å². The lowest BCUT2D eigenvalue weighted by atomic mass is 9.96. The smallest absolute Gasteiger partial charge is 0.226 e. The van der Waals surface area contributed by atoms with Crippen molar-refractivity contribution in [1.29, 1.82) is 0 Å². The number of nitrogens with zero attached hydrogens (tertiary/aromatic N) is 2. The van der Waals surface area contributed by atoms with Gasteiger partial charge in [0.2, 0.25) is 5.91 Å². The van der Waals surface area contributed by atoms with E-state index in [-0.39, 0.29) is 29.3 Å². The summed E-state index contributed by atoms with van der Waals surface area (Å²) in [4.78, 5) is 12.8. The van der Waals surface area contributed by atoms with Gasteiger partial charge in [-0.25, -0.2) is 9.07 Å². The molecular weight excluding hydrogens is 441 g/mol. The highest BCUT2D eigenvalue weighted by Gasteiger charge is 2.45. The molecule has 1 aliphatic carbocycles. The first-order valence-corrected chi connectivity index (χ1v) is 12.0. The number of aryl methyl sites for hydroxylation is 2. The van der Waals surface area contributed by atoms with Crippen LogP contribution in [0.5, 0.6) is 5.75 Å². The van der Waals surface area contributed by atoms with E-state index in [2.05, 4.69) is 42.5 Å². The van der Waals surface area contributed by atoms with Gasteiger partial charge >= 0.3 is 0 Å². The van der Waals surface area contributed by atoms with Crippen molar-refractivity contribution in [3.05, 3.63) is 89.4 Å². The molecule has 5 rings (SSSR count). The van der Waals surface area contributed by atoms with Crippen LogP contribution in [0, 0.1) is 25.1 Å². The second kappa shape index (κ2) is 8.84. The minimum absolute atomic E-state index is 0.0828. The predicted molar refractivity (Wildman–Crippen MR) is 135 cm³/mol. The third-order valence-corrected chi connectivity index (χ3v) is 6.97. The summed E-state index contributed by atoms with van der Waals surface area (Å²) >= 11 is 0. The molecule has 1 heterocycles. The Morgan fingerprint density at radius 1 is 1.09 bits per heavy atom. The van der Waals surface area contributed by atoms with Crippen LogP contribution in [0.4, 0.5) is 4.39 Å². The Hall–Kier alpha value is -3.67. The third-order valence-electron chi connectivity index (χ3n) is 6.97. The van der Waals surface area contributed by atoms with Gasteiger partial charge in [0.25, 0.3) is 0 Å². The number of aromatic nitrogens is 2. The molecule has 2 atom stereocenters. The van der Waals surface area contributed by atoms with Crippen molar-refractivity contribution in [2.45, 2.75) is 52.7 Å². The van der Waals surface area contributed by atoms with E-state index in [1.54, 1.807) is 23.0 Å². The average Bonchev–Trinajstić information content (AvgIpc) is 3.45. The molecule has 0 radical (unpaired) electrons. The first-order valence-electron chi connectivity index (χ1n) is 12.0. The molecule has 5 nitrogen and oxygen atoms in total. The SMILES string of the molecule is Cc1ccc([C@@H](Oc2ccc3c(cnn3-c3ccc(F)cc3)c2)[C@H](C)NC(=O)C2(C)CC2)c(C)c1. The predicted octanol–water partition coefficient (Wildman–Crippen LogP) is 6.21. The molecule has 0 unspecified atom stereocenters. The molecule has 0 aliphatic heterocycles. The first-order chi connectivity index (χ1) is 16.7. The monoisotopic (exact) mass is 471 g/mol. The number of amides is 1. The van der Waals surface area contributed by atoms with Gasteiger partial charge in [0.1, 0.15) is 17.7 Å². The molecule has 1 aromatic heterocycles. The number of benzene rings is 3. The zero-order valence-electron chi connectivity index (χ0n) is 20.5. The van der Waals surface area contributed by atoms with Crippen LogP contribution >= 0.6 is 0 Å². The van der Waals surface area contributed by atoms with Crippen molar-refractivity contribution >= 4 is 16.8 Å². The van der Waals surface area contributed by atoms with Crippen LogP contribution in [-0.2, 0) is 4.79 Å². The number of hydrogen-bond acceptors (Lipinski definition) is 3. The summed E-state index contributed by atoms with van der Waals surface area (Å²) in [5.41, 5.74) is 4.78. The van der Waals surface area contributed by atoms with Crippen LogP contribution in [0.15, 0.2) is 66.9 Å². The van der Waals surface area contributed by atoms with Gasteiger partial charge in [-0.3, -0.25) is 4.79 Å². The number of carbonyl (C=O) groups excluding carboxylic acids is 1. The quantitative estimate of drug-likeness (QED) is 0.349. The first kappa shape index (κ1) is 23.1. The zero-order chi connectivity index (χ0) is 24.7. The number of carbonyl (C=O) groups is 1. The molecule has 1 fully saturated rings. The van der Waals surface area contributed by atoms with Gasteiger partial charge in [0.15, 0.2) is 0 Å². The van der Waals surface area contributed by atoms with Crippen LogP contribution in [0.1, 0.15) is 49.5 Å². The Labute approximate surface area is 204 Å². The number of hydrogen-bond donors (Lipinski definition) is 1. The number of ether oxygens (including phenoxy) is 1. The van der Waals surface area contributed by atoms with Crippen molar-refractivity contribution in [3.63, 3.8) is 0 Å². The second-order valence-electron chi connectivity index (χ2n) is 9.97. The molecule has 3 aromatic carbocycles. The van der Waals surface area contributed by atoms with Gasteiger partial charge < -0.3 is 10.1 Å². The lowest BCUT2D eigenvalue weighted by molar-refractivity contribution is -0.127. The van der Waals surface area contributed by atoms with Crippen molar-refractivity contribution < 1.29 is 13.9 Å².